The highest BCUT2D eigenvalue weighted by atomic mass is 16.5. The lowest BCUT2D eigenvalue weighted by molar-refractivity contribution is -0.144. The lowest BCUT2D eigenvalue weighted by Crippen LogP contribution is -2.36. The second kappa shape index (κ2) is 3.19. The Balaban J connectivity index is 2.54. The number of aliphatic hydroxyl groups is 1. The van der Waals surface area contributed by atoms with Gasteiger partial charge in [0.05, 0.1) is 13.2 Å². The molecule has 1 heterocycles. The minimum atomic E-state index is -0.431. The lowest BCUT2D eigenvalue weighted by atomic mass is 10.0. The summed E-state index contributed by atoms with van der Waals surface area (Å²) >= 11 is 0. The molecule has 1 aliphatic rings. The Morgan fingerprint density at radius 1 is 1.73 bits per heavy atom. The number of hydrogen-bond donors (Lipinski definition) is 2. The first-order chi connectivity index (χ1) is 5.16. The third-order valence-electron chi connectivity index (χ3n) is 2.13. The van der Waals surface area contributed by atoms with Crippen molar-refractivity contribution in [3.63, 3.8) is 0 Å². The van der Waals surface area contributed by atoms with Gasteiger partial charge >= 0.3 is 5.97 Å². The molecule has 4 heteroatoms. The summed E-state index contributed by atoms with van der Waals surface area (Å²) in [7, 11) is 1.35. The van der Waals surface area contributed by atoms with E-state index in [1.54, 1.807) is 0 Å². The molecule has 11 heavy (non-hydrogen) atoms. The summed E-state index contributed by atoms with van der Waals surface area (Å²) in [4.78, 5) is 11.0. The van der Waals surface area contributed by atoms with Gasteiger partial charge in [0.2, 0.25) is 0 Å². The molecule has 1 saturated heterocycles. The van der Waals surface area contributed by atoms with E-state index in [1.165, 1.54) is 7.11 Å². The van der Waals surface area contributed by atoms with Crippen molar-refractivity contribution in [3.05, 3.63) is 0 Å². The third kappa shape index (κ3) is 1.52. The number of methoxy groups -OCH3 is 1. The number of ether oxygens (including phenoxy) is 1. The summed E-state index contributed by atoms with van der Waals surface area (Å²) in [6.45, 7) is 2.30. The van der Waals surface area contributed by atoms with Crippen LogP contribution in [0, 0.1) is 5.92 Å². The van der Waals surface area contributed by atoms with Crippen LogP contribution in [-0.4, -0.2) is 36.9 Å². The molecule has 0 aromatic carbocycles. The van der Waals surface area contributed by atoms with E-state index < -0.39 is 6.10 Å². The zero-order chi connectivity index (χ0) is 8.43. The summed E-state index contributed by atoms with van der Waals surface area (Å²) in [6.07, 6.45) is -0.431. The average molecular weight is 159 g/mol. The predicted octanol–water partition coefficient (Wildman–Crippen LogP) is -0.872. The molecule has 1 fully saturated rings. The first-order valence-electron chi connectivity index (χ1n) is 3.66. The number of β-amino-alcohol motifs (C(OH)–C–C–N with tert-alkyl or cyclic N) is 1. The standard InChI is InChI=1S/C7H13NO3/c1-4-5(9)3-8-6(4)7(10)11-2/h4-6,8-9H,3H2,1-2H3/t4-,5+,6-/m1/s1. The van der Waals surface area contributed by atoms with Gasteiger partial charge < -0.3 is 15.2 Å². The molecule has 4 nitrogen and oxygen atoms in total. The van der Waals surface area contributed by atoms with Gasteiger partial charge in [0.15, 0.2) is 0 Å². The van der Waals surface area contributed by atoms with E-state index >= 15 is 0 Å². The van der Waals surface area contributed by atoms with Crippen molar-refractivity contribution in [3.8, 4) is 0 Å². The lowest BCUT2D eigenvalue weighted by Gasteiger charge is -2.13. The van der Waals surface area contributed by atoms with E-state index in [2.05, 4.69) is 10.1 Å². The molecule has 0 amide bonds. The number of carbonyl (C=O) groups excluding carboxylic acids is 1. The SMILES string of the molecule is COC(=O)[C@@H]1NC[C@H](O)[C@H]1C. The zero-order valence-corrected chi connectivity index (χ0v) is 6.70. The van der Waals surface area contributed by atoms with Gasteiger partial charge in [-0.1, -0.05) is 6.92 Å². The fraction of sp³-hybridized carbons (Fsp3) is 0.857. The van der Waals surface area contributed by atoms with Gasteiger partial charge in [-0.25, -0.2) is 0 Å². The second-order valence-electron chi connectivity index (χ2n) is 2.84. The highest BCUT2D eigenvalue weighted by molar-refractivity contribution is 5.76. The maximum absolute atomic E-state index is 11.0. The van der Waals surface area contributed by atoms with Gasteiger partial charge in [0, 0.05) is 12.5 Å². The minimum absolute atomic E-state index is 0.0533. The van der Waals surface area contributed by atoms with E-state index in [9.17, 15) is 9.90 Å². The van der Waals surface area contributed by atoms with E-state index in [-0.39, 0.29) is 17.9 Å². The van der Waals surface area contributed by atoms with Gasteiger partial charge in [0.25, 0.3) is 0 Å². The minimum Gasteiger partial charge on any atom is -0.468 e. The highest BCUT2D eigenvalue weighted by Crippen LogP contribution is 2.15. The summed E-state index contributed by atoms with van der Waals surface area (Å²) in [5, 5.41) is 12.1. The Labute approximate surface area is 65.5 Å². The summed E-state index contributed by atoms with van der Waals surface area (Å²) in [5.74, 6) is -0.350. The van der Waals surface area contributed by atoms with E-state index in [0.717, 1.165) is 0 Å². The first kappa shape index (κ1) is 8.49. The van der Waals surface area contributed by atoms with Crippen LogP contribution in [0.3, 0.4) is 0 Å². The molecule has 2 N–H and O–H groups in total. The van der Waals surface area contributed by atoms with Crippen LogP contribution in [0.15, 0.2) is 0 Å². The predicted molar refractivity (Wildman–Crippen MR) is 39.0 cm³/mol. The monoisotopic (exact) mass is 159 g/mol. The largest absolute Gasteiger partial charge is 0.468 e. The molecule has 64 valence electrons. The number of esters is 1. The molecular weight excluding hydrogens is 146 g/mol. The van der Waals surface area contributed by atoms with Crippen LogP contribution in [0.4, 0.5) is 0 Å². The number of aliphatic hydroxyl groups excluding tert-OH is 1. The number of nitrogens with one attached hydrogen (secondary N) is 1. The molecule has 3 atom stereocenters. The Morgan fingerprint density at radius 3 is 2.73 bits per heavy atom. The van der Waals surface area contributed by atoms with Crippen molar-refractivity contribution >= 4 is 5.97 Å². The molecule has 1 rings (SSSR count). The quantitative estimate of drug-likeness (QED) is 0.488. The van der Waals surface area contributed by atoms with Crippen molar-refractivity contribution in [1.82, 2.24) is 5.32 Å². The van der Waals surface area contributed by atoms with E-state index in [4.69, 9.17) is 0 Å². The van der Waals surface area contributed by atoms with Gasteiger partial charge in [-0.3, -0.25) is 4.79 Å². The molecule has 0 spiro atoms. The number of carbonyl (C=O) groups is 1. The van der Waals surface area contributed by atoms with Crippen molar-refractivity contribution in [2.24, 2.45) is 5.92 Å². The van der Waals surface area contributed by atoms with Crippen LogP contribution in [0.5, 0.6) is 0 Å². The Hall–Kier alpha value is -0.610. The van der Waals surface area contributed by atoms with Crippen LogP contribution in [-0.2, 0) is 9.53 Å². The highest BCUT2D eigenvalue weighted by Gasteiger charge is 2.36. The molecule has 0 bridgehead atoms. The first-order valence-corrected chi connectivity index (χ1v) is 3.66. The Bertz CT molecular complexity index is 160. The molecule has 0 unspecified atom stereocenters. The molecule has 0 aliphatic carbocycles. The van der Waals surface area contributed by atoms with Gasteiger partial charge in [-0.2, -0.15) is 0 Å². The fourth-order valence-electron chi connectivity index (χ4n) is 1.27. The van der Waals surface area contributed by atoms with Crippen molar-refractivity contribution in [1.29, 1.82) is 0 Å². The number of hydrogen-bond acceptors (Lipinski definition) is 4. The Kier molecular flexibility index (Phi) is 2.46. The van der Waals surface area contributed by atoms with Crippen LogP contribution >= 0.6 is 0 Å². The summed E-state index contributed by atoms with van der Waals surface area (Å²) < 4.78 is 4.54. The Morgan fingerprint density at radius 2 is 2.36 bits per heavy atom. The van der Waals surface area contributed by atoms with Gasteiger partial charge in [-0.15, -0.1) is 0 Å². The van der Waals surface area contributed by atoms with E-state index in [0.29, 0.717) is 6.54 Å². The van der Waals surface area contributed by atoms with E-state index in [1.807, 2.05) is 6.92 Å². The molecule has 0 saturated carbocycles. The summed E-state index contributed by atoms with van der Waals surface area (Å²) in [6, 6.07) is -0.338. The number of rotatable bonds is 1. The molecule has 0 aromatic heterocycles. The molecule has 1 aliphatic heterocycles. The molecule has 0 radical (unpaired) electrons. The topological polar surface area (TPSA) is 58.6 Å². The van der Waals surface area contributed by atoms with Crippen molar-refractivity contribution < 1.29 is 14.6 Å². The van der Waals surface area contributed by atoms with Crippen molar-refractivity contribution in [2.75, 3.05) is 13.7 Å². The molecular formula is C7H13NO3. The second-order valence-corrected chi connectivity index (χ2v) is 2.84. The van der Waals surface area contributed by atoms with Gasteiger partial charge in [0.1, 0.15) is 6.04 Å². The van der Waals surface area contributed by atoms with Crippen LogP contribution in [0.2, 0.25) is 0 Å². The van der Waals surface area contributed by atoms with Crippen molar-refractivity contribution in [2.45, 2.75) is 19.1 Å². The smallest absolute Gasteiger partial charge is 0.323 e. The fourth-order valence-corrected chi connectivity index (χ4v) is 1.27. The normalized spacial score (nSPS) is 37.2. The van der Waals surface area contributed by atoms with Crippen LogP contribution < -0.4 is 5.32 Å². The third-order valence-corrected chi connectivity index (χ3v) is 2.13. The maximum atomic E-state index is 11.0. The van der Waals surface area contributed by atoms with Crippen LogP contribution in [0.1, 0.15) is 6.92 Å². The zero-order valence-electron chi connectivity index (χ0n) is 6.70. The maximum Gasteiger partial charge on any atom is 0.323 e. The molecule has 0 aromatic rings. The summed E-state index contributed by atoms with van der Waals surface area (Å²) in [5.41, 5.74) is 0. The van der Waals surface area contributed by atoms with Gasteiger partial charge in [-0.05, 0) is 0 Å². The average Bonchev–Trinajstić information content (AvgIpc) is 2.32. The van der Waals surface area contributed by atoms with Crippen LogP contribution in [0.25, 0.3) is 0 Å².